The third kappa shape index (κ3) is 7.34. The first-order valence-electron chi connectivity index (χ1n) is 7.64. The number of nitrogens with one attached hydrogen (secondary N) is 3. The summed E-state index contributed by atoms with van der Waals surface area (Å²) in [5.74, 6) is 0.135. The highest BCUT2D eigenvalue weighted by molar-refractivity contribution is 6.34. The van der Waals surface area contributed by atoms with Gasteiger partial charge in [-0.05, 0) is 31.0 Å². The van der Waals surface area contributed by atoms with Gasteiger partial charge in [-0.1, -0.05) is 25.4 Å². The molecule has 0 atom stereocenters. The second-order valence-electron chi connectivity index (χ2n) is 5.38. The summed E-state index contributed by atoms with van der Waals surface area (Å²) >= 11 is 6.12. The number of hydrogen-bond acceptors (Lipinski definition) is 3. The Balaban J connectivity index is 2.55. The van der Waals surface area contributed by atoms with Crippen molar-refractivity contribution >= 4 is 29.2 Å². The van der Waals surface area contributed by atoms with E-state index >= 15 is 0 Å². The van der Waals surface area contributed by atoms with Crippen LogP contribution in [0.25, 0.3) is 0 Å². The van der Waals surface area contributed by atoms with E-state index < -0.39 is 0 Å². The zero-order valence-electron chi connectivity index (χ0n) is 13.7. The molecule has 1 aromatic carbocycles. The van der Waals surface area contributed by atoms with E-state index in [4.69, 9.17) is 16.3 Å². The fourth-order valence-corrected chi connectivity index (χ4v) is 1.99. The highest BCUT2D eigenvalue weighted by Gasteiger charge is 2.12. The lowest BCUT2D eigenvalue weighted by molar-refractivity contribution is 0.0949. The van der Waals surface area contributed by atoms with Crippen molar-refractivity contribution < 1.29 is 14.3 Å². The molecule has 6 nitrogen and oxygen atoms in total. The van der Waals surface area contributed by atoms with E-state index in [-0.39, 0.29) is 11.9 Å². The predicted molar refractivity (Wildman–Crippen MR) is 92.1 cm³/mol. The van der Waals surface area contributed by atoms with Crippen molar-refractivity contribution in [2.24, 2.45) is 5.92 Å². The number of carbonyl (C=O) groups excluding carboxylic acids is 2. The maximum absolute atomic E-state index is 12.0. The van der Waals surface area contributed by atoms with Crippen LogP contribution in [0.5, 0.6) is 0 Å². The lowest BCUT2D eigenvalue weighted by Crippen LogP contribution is -2.31. The van der Waals surface area contributed by atoms with E-state index in [1.54, 1.807) is 18.2 Å². The molecule has 0 aliphatic carbocycles. The number of ether oxygens (including phenoxy) is 1. The van der Waals surface area contributed by atoms with Crippen LogP contribution in [0.3, 0.4) is 0 Å². The second-order valence-corrected chi connectivity index (χ2v) is 5.78. The lowest BCUT2D eigenvalue weighted by atomic mass is 10.1. The van der Waals surface area contributed by atoms with Crippen molar-refractivity contribution in [2.45, 2.75) is 20.8 Å². The Kier molecular flexibility index (Phi) is 8.43. The number of anilines is 1. The van der Waals surface area contributed by atoms with E-state index in [0.717, 1.165) is 0 Å². The Hall–Kier alpha value is -1.79. The van der Waals surface area contributed by atoms with Crippen molar-refractivity contribution in [1.29, 1.82) is 0 Å². The van der Waals surface area contributed by atoms with Crippen LogP contribution in [-0.4, -0.2) is 38.2 Å². The van der Waals surface area contributed by atoms with E-state index in [0.29, 0.717) is 48.5 Å². The van der Waals surface area contributed by atoms with Crippen molar-refractivity contribution in [1.82, 2.24) is 10.6 Å². The summed E-state index contributed by atoms with van der Waals surface area (Å²) < 4.78 is 5.13. The maximum Gasteiger partial charge on any atom is 0.319 e. The molecule has 0 aliphatic heterocycles. The van der Waals surface area contributed by atoms with Crippen LogP contribution in [0.1, 0.15) is 31.1 Å². The predicted octanol–water partition coefficient (Wildman–Crippen LogP) is 2.88. The average Bonchev–Trinajstić information content (AvgIpc) is 2.49. The first kappa shape index (κ1) is 19.3. The summed E-state index contributed by atoms with van der Waals surface area (Å²) in [5.41, 5.74) is 0.902. The lowest BCUT2D eigenvalue weighted by Gasteiger charge is -2.11. The average molecular weight is 342 g/mol. The zero-order valence-corrected chi connectivity index (χ0v) is 14.5. The largest absolute Gasteiger partial charge is 0.380 e. The van der Waals surface area contributed by atoms with Crippen LogP contribution in [0.15, 0.2) is 18.2 Å². The van der Waals surface area contributed by atoms with Crippen LogP contribution in [-0.2, 0) is 4.74 Å². The van der Waals surface area contributed by atoms with E-state index in [2.05, 4.69) is 16.0 Å². The van der Waals surface area contributed by atoms with Gasteiger partial charge in [0.1, 0.15) is 0 Å². The summed E-state index contributed by atoms with van der Waals surface area (Å²) in [4.78, 5) is 23.7. The van der Waals surface area contributed by atoms with Crippen LogP contribution < -0.4 is 16.0 Å². The minimum atomic E-state index is -0.349. The summed E-state index contributed by atoms with van der Waals surface area (Å²) in [6.07, 6.45) is 0. The zero-order chi connectivity index (χ0) is 17.2. The molecule has 0 unspecified atom stereocenters. The van der Waals surface area contributed by atoms with Gasteiger partial charge in [-0.2, -0.15) is 0 Å². The van der Waals surface area contributed by atoms with Gasteiger partial charge >= 0.3 is 6.03 Å². The fraction of sp³-hybridized carbons (Fsp3) is 0.500. The molecule has 0 aliphatic rings. The monoisotopic (exact) mass is 341 g/mol. The first-order valence-corrected chi connectivity index (χ1v) is 8.02. The van der Waals surface area contributed by atoms with E-state index in [1.165, 1.54) is 0 Å². The third-order valence-corrected chi connectivity index (χ3v) is 3.19. The number of benzene rings is 1. The standard InChI is InChI=1S/C16H24ClN3O3/c1-4-23-8-7-18-16(22)20-12-5-6-13(14(17)9-12)15(21)19-10-11(2)3/h5-6,9,11H,4,7-8,10H2,1-3H3,(H,19,21)(H2,18,20,22). The third-order valence-electron chi connectivity index (χ3n) is 2.88. The number of urea groups is 1. The molecule has 23 heavy (non-hydrogen) atoms. The Morgan fingerprint density at radius 3 is 2.61 bits per heavy atom. The number of hydrogen-bond donors (Lipinski definition) is 3. The molecule has 7 heteroatoms. The molecule has 0 aromatic heterocycles. The number of rotatable bonds is 8. The van der Waals surface area contributed by atoms with Crippen molar-refractivity contribution in [2.75, 3.05) is 31.6 Å². The molecule has 3 amide bonds. The van der Waals surface area contributed by atoms with Gasteiger partial charge in [0, 0.05) is 25.4 Å². The fourth-order valence-electron chi connectivity index (χ4n) is 1.73. The molecule has 0 saturated carbocycles. The van der Waals surface area contributed by atoms with Gasteiger partial charge in [-0.15, -0.1) is 0 Å². The summed E-state index contributed by atoms with van der Waals surface area (Å²) in [6.45, 7) is 7.98. The van der Waals surface area contributed by atoms with Gasteiger partial charge in [0.05, 0.1) is 17.2 Å². The number of halogens is 1. The van der Waals surface area contributed by atoms with E-state index in [9.17, 15) is 9.59 Å². The van der Waals surface area contributed by atoms with Gasteiger partial charge < -0.3 is 20.7 Å². The summed E-state index contributed by atoms with van der Waals surface area (Å²) in [5, 5.41) is 8.40. The Labute approximate surface area is 141 Å². The Bertz CT molecular complexity index is 535. The molecule has 0 spiro atoms. The van der Waals surface area contributed by atoms with Gasteiger partial charge in [0.25, 0.3) is 5.91 Å². The first-order chi connectivity index (χ1) is 10.9. The smallest absolute Gasteiger partial charge is 0.319 e. The van der Waals surface area contributed by atoms with Crippen LogP contribution >= 0.6 is 11.6 Å². The second kappa shape index (κ2) is 10.1. The quantitative estimate of drug-likeness (QED) is 0.636. The molecule has 0 bridgehead atoms. The van der Waals surface area contributed by atoms with E-state index in [1.807, 2.05) is 20.8 Å². The maximum atomic E-state index is 12.0. The molecular formula is C16H24ClN3O3. The van der Waals surface area contributed by atoms with Gasteiger partial charge in [0.2, 0.25) is 0 Å². The van der Waals surface area contributed by atoms with Crippen LogP contribution in [0.2, 0.25) is 5.02 Å². The minimum absolute atomic E-state index is 0.226. The highest BCUT2D eigenvalue weighted by atomic mass is 35.5. The SMILES string of the molecule is CCOCCNC(=O)Nc1ccc(C(=O)NCC(C)C)c(Cl)c1. The van der Waals surface area contributed by atoms with Crippen molar-refractivity contribution in [3.8, 4) is 0 Å². The van der Waals surface area contributed by atoms with Gasteiger partial charge in [0.15, 0.2) is 0 Å². The van der Waals surface area contributed by atoms with Gasteiger partial charge in [-0.3, -0.25) is 4.79 Å². The normalized spacial score (nSPS) is 10.5. The Morgan fingerprint density at radius 2 is 2.00 bits per heavy atom. The topological polar surface area (TPSA) is 79.5 Å². The molecule has 0 radical (unpaired) electrons. The molecule has 0 fully saturated rings. The highest BCUT2D eigenvalue weighted by Crippen LogP contribution is 2.21. The minimum Gasteiger partial charge on any atom is -0.380 e. The van der Waals surface area contributed by atoms with Gasteiger partial charge in [-0.25, -0.2) is 4.79 Å². The molecule has 0 heterocycles. The molecular weight excluding hydrogens is 318 g/mol. The summed E-state index contributed by atoms with van der Waals surface area (Å²) in [6, 6.07) is 4.43. The van der Waals surface area contributed by atoms with Crippen molar-refractivity contribution in [3.63, 3.8) is 0 Å². The summed E-state index contributed by atoms with van der Waals surface area (Å²) in [7, 11) is 0. The number of amides is 3. The van der Waals surface area contributed by atoms with Crippen LogP contribution in [0, 0.1) is 5.92 Å². The molecule has 0 saturated heterocycles. The molecule has 128 valence electrons. The van der Waals surface area contributed by atoms with Crippen LogP contribution in [0.4, 0.5) is 10.5 Å². The molecule has 1 aromatic rings. The number of carbonyl (C=O) groups is 2. The molecule has 3 N–H and O–H groups in total. The molecule has 1 rings (SSSR count). The Morgan fingerprint density at radius 1 is 1.26 bits per heavy atom. The van der Waals surface area contributed by atoms with Crippen molar-refractivity contribution in [3.05, 3.63) is 28.8 Å².